The summed E-state index contributed by atoms with van der Waals surface area (Å²) in [7, 11) is 0. The predicted molar refractivity (Wildman–Crippen MR) is 68.1 cm³/mol. The van der Waals surface area contributed by atoms with Crippen LogP contribution in [0.5, 0.6) is 0 Å². The number of hydrogen-bond donors (Lipinski definition) is 1. The van der Waals surface area contributed by atoms with Gasteiger partial charge in [0.05, 0.1) is 5.01 Å². The molecule has 4 nitrogen and oxygen atoms in total. The number of piperidine rings is 1. The molecule has 1 aromatic heterocycles. The fourth-order valence-corrected chi connectivity index (χ4v) is 3.16. The Morgan fingerprint density at radius 1 is 1.30 bits per heavy atom. The minimum absolute atomic E-state index is 0.236. The van der Waals surface area contributed by atoms with E-state index in [0.717, 1.165) is 25.9 Å². The maximum Gasteiger partial charge on any atom is 0.435 e. The number of likely N-dealkylation sites (tertiary alicyclic amines) is 1. The van der Waals surface area contributed by atoms with Crippen LogP contribution in [0.3, 0.4) is 0 Å². The second-order valence-electron chi connectivity index (χ2n) is 4.74. The number of thiazole rings is 1. The molecule has 0 amide bonds. The third kappa shape index (κ3) is 3.69. The smallest absolute Gasteiger partial charge is 0.435 e. The molecule has 8 heteroatoms. The Bertz CT molecular complexity index is 482. The van der Waals surface area contributed by atoms with Gasteiger partial charge in [-0.05, 0) is 25.9 Å². The van der Waals surface area contributed by atoms with Crippen molar-refractivity contribution in [1.29, 1.82) is 0 Å². The largest absolute Gasteiger partial charge is 0.477 e. The lowest BCUT2D eigenvalue weighted by molar-refractivity contribution is -0.141. The molecule has 0 radical (unpaired) electrons. The molecule has 20 heavy (non-hydrogen) atoms. The zero-order chi connectivity index (χ0) is 14.8. The lowest BCUT2D eigenvalue weighted by atomic mass is 10.1. The van der Waals surface area contributed by atoms with Gasteiger partial charge >= 0.3 is 12.1 Å². The van der Waals surface area contributed by atoms with Crippen molar-refractivity contribution in [3.05, 3.63) is 15.6 Å². The maximum atomic E-state index is 12.7. The molecule has 1 N–H and O–H groups in total. The van der Waals surface area contributed by atoms with Gasteiger partial charge in [-0.3, -0.25) is 0 Å². The van der Waals surface area contributed by atoms with Crippen LogP contribution in [-0.2, 0) is 12.6 Å². The van der Waals surface area contributed by atoms with Crippen molar-refractivity contribution in [3.8, 4) is 0 Å². The van der Waals surface area contributed by atoms with E-state index >= 15 is 0 Å². The molecule has 1 aliphatic rings. The third-order valence-corrected chi connectivity index (χ3v) is 4.33. The topological polar surface area (TPSA) is 53.4 Å². The van der Waals surface area contributed by atoms with Gasteiger partial charge < -0.3 is 10.0 Å². The van der Waals surface area contributed by atoms with Gasteiger partial charge in [0.1, 0.15) is 4.88 Å². The average molecular weight is 308 g/mol. The van der Waals surface area contributed by atoms with E-state index < -0.39 is 22.7 Å². The summed E-state index contributed by atoms with van der Waals surface area (Å²) in [6.07, 6.45) is -0.956. The first-order valence-corrected chi connectivity index (χ1v) is 7.22. The summed E-state index contributed by atoms with van der Waals surface area (Å²) in [6.45, 7) is 2.52. The van der Waals surface area contributed by atoms with Gasteiger partial charge in [0.25, 0.3) is 0 Å². The highest BCUT2D eigenvalue weighted by Gasteiger charge is 2.39. The number of carbonyl (C=O) groups is 1. The molecule has 1 saturated heterocycles. The molecule has 2 heterocycles. The molecule has 0 aliphatic carbocycles. The average Bonchev–Trinajstić information content (AvgIpc) is 2.82. The second kappa shape index (κ2) is 6.09. The first-order valence-electron chi connectivity index (χ1n) is 6.40. The number of halogens is 3. The number of nitrogens with zero attached hydrogens (tertiary/aromatic N) is 2. The predicted octanol–water partition coefficient (Wildman–Crippen LogP) is 2.89. The summed E-state index contributed by atoms with van der Waals surface area (Å²) < 4.78 is 38.1. The van der Waals surface area contributed by atoms with Gasteiger partial charge in [0, 0.05) is 13.0 Å². The van der Waals surface area contributed by atoms with Crippen LogP contribution in [0.1, 0.15) is 39.6 Å². The highest BCUT2D eigenvalue weighted by molar-refractivity contribution is 7.13. The zero-order valence-electron chi connectivity index (χ0n) is 10.7. The number of aromatic nitrogens is 1. The molecular weight excluding hydrogens is 293 g/mol. The van der Waals surface area contributed by atoms with E-state index in [0.29, 0.717) is 24.3 Å². The zero-order valence-corrected chi connectivity index (χ0v) is 11.6. The van der Waals surface area contributed by atoms with Gasteiger partial charge in [0.2, 0.25) is 0 Å². The standard InChI is InChI=1S/C12H15F3N2O2S/c13-12(14,15)10-9(11(18)19)20-8(16-10)4-7-17-5-2-1-3-6-17/h1-7H2,(H,18,19). The maximum absolute atomic E-state index is 12.7. The molecule has 2 rings (SSSR count). The van der Waals surface area contributed by atoms with Crippen LogP contribution in [0.2, 0.25) is 0 Å². The fraction of sp³-hybridized carbons (Fsp3) is 0.667. The molecule has 0 unspecified atom stereocenters. The van der Waals surface area contributed by atoms with Gasteiger partial charge in [0.15, 0.2) is 5.69 Å². The molecule has 0 bridgehead atoms. The van der Waals surface area contributed by atoms with Crippen LogP contribution in [0.25, 0.3) is 0 Å². The molecule has 0 spiro atoms. The summed E-state index contributed by atoms with van der Waals surface area (Å²) in [5.41, 5.74) is -1.27. The summed E-state index contributed by atoms with van der Waals surface area (Å²) in [5.74, 6) is -1.57. The van der Waals surface area contributed by atoms with Gasteiger partial charge in [-0.15, -0.1) is 11.3 Å². The molecule has 0 saturated carbocycles. The molecule has 1 aliphatic heterocycles. The van der Waals surface area contributed by atoms with Crippen LogP contribution < -0.4 is 0 Å². The normalized spacial score (nSPS) is 17.4. The van der Waals surface area contributed by atoms with Crippen molar-refractivity contribution in [1.82, 2.24) is 9.88 Å². The molecule has 1 aromatic rings. The third-order valence-electron chi connectivity index (χ3n) is 3.22. The molecular formula is C12H15F3N2O2S. The van der Waals surface area contributed by atoms with Crippen molar-refractivity contribution in [2.45, 2.75) is 31.9 Å². The lowest BCUT2D eigenvalue weighted by Gasteiger charge is -2.25. The Hall–Kier alpha value is -1.15. The van der Waals surface area contributed by atoms with E-state index in [-0.39, 0.29) is 5.01 Å². The first-order chi connectivity index (χ1) is 9.38. The van der Waals surface area contributed by atoms with Gasteiger partial charge in [-0.25, -0.2) is 9.78 Å². The Kier molecular flexibility index (Phi) is 4.64. The van der Waals surface area contributed by atoms with E-state index in [9.17, 15) is 18.0 Å². The van der Waals surface area contributed by atoms with Crippen LogP contribution in [0.15, 0.2) is 0 Å². The van der Waals surface area contributed by atoms with Crippen LogP contribution >= 0.6 is 11.3 Å². The van der Waals surface area contributed by atoms with E-state index in [1.54, 1.807) is 0 Å². The number of aromatic carboxylic acids is 1. The number of alkyl halides is 3. The summed E-state index contributed by atoms with van der Waals surface area (Å²) >= 11 is 0.626. The van der Waals surface area contributed by atoms with Gasteiger partial charge in [-0.1, -0.05) is 6.42 Å². The molecule has 1 fully saturated rings. The monoisotopic (exact) mass is 308 g/mol. The second-order valence-corrected chi connectivity index (χ2v) is 5.82. The molecule has 0 aromatic carbocycles. The quantitative estimate of drug-likeness (QED) is 0.929. The summed E-state index contributed by atoms with van der Waals surface area (Å²) in [6, 6.07) is 0. The van der Waals surface area contributed by atoms with Crippen molar-refractivity contribution >= 4 is 17.3 Å². The first kappa shape index (κ1) is 15.2. The Morgan fingerprint density at radius 3 is 2.45 bits per heavy atom. The minimum Gasteiger partial charge on any atom is -0.477 e. The van der Waals surface area contributed by atoms with Crippen molar-refractivity contribution in [2.75, 3.05) is 19.6 Å². The van der Waals surface area contributed by atoms with E-state index in [2.05, 4.69) is 9.88 Å². The van der Waals surface area contributed by atoms with Crippen LogP contribution in [0.4, 0.5) is 13.2 Å². The van der Waals surface area contributed by atoms with E-state index in [4.69, 9.17) is 5.11 Å². The number of carboxylic acids is 1. The number of rotatable bonds is 4. The van der Waals surface area contributed by atoms with Crippen molar-refractivity contribution in [3.63, 3.8) is 0 Å². The molecule has 112 valence electrons. The summed E-state index contributed by atoms with van der Waals surface area (Å²) in [4.78, 5) is 15.8. The Morgan fingerprint density at radius 2 is 1.95 bits per heavy atom. The fourth-order valence-electron chi connectivity index (χ4n) is 2.25. The SMILES string of the molecule is O=C(O)c1sc(CCN2CCCCC2)nc1C(F)(F)F. The molecule has 0 atom stereocenters. The van der Waals surface area contributed by atoms with Gasteiger partial charge in [-0.2, -0.15) is 13.2 Å². The number of carboxylic acid groups (broad SMARTS) is 1. The van der Waals surface area contributed by atoms with Crippen LogP contribution in [-0.4, -0.2) is 40.6 Å². The summed E-state index contributed by atoms with van der Waals surface area (Å²) in [5, 5.41) is 9.06. The van der Waals surface area contributed by atoms with E-state index in [1.807, 2.05) is 0 Å². The number of hydrogen-bond acceptors (Lipinski definition) is 4. The van der Waals surface area contributed by atoms with Crippen molar-refractivity contribution < 1.29 is 23.1 Å². The highest BCUT2D eigenvalue weighted by atomic mass is 32.1. The Balaban J connectivity index is 2.06. The minimum atomic E-state index is -4.71. The van der Waals surface area contributed by atoms with E-state index in [1.165, 1.54) is 6.42 Å². The van der Waals surface area contributed by atoms with Crippen LogP contribution in [0, 0.1) is 0 Å². The van der Waals surface area contributed by atoms with Crippen molar-refractivity contribution in [2.24, 2.45) is 0 Å². The lowest BCUT2D eigenvalue weighted by Crippen LogP contribution is -2.31. The highest BCUT2D eigenvalue weighted by Crippen LogP contribution is 2.34. The Labute approximate surface area is 118 Å².